The Labute approximate surface area is 430 Å². The first kappa shape index (κ1) is 66.9. The van der Waals surface area contributed by atoms with Crippen molar-refractivity contribution < 1.29 is 42.1 Å². The van der Waals surface area contributed by atoms with Crippen LogP contribution < -0.4 is 4.89 Å². The molecule has 0 heterocycles. The molecule has 9 nitrogen and oxygen atoms in total. The lowest BCUT2D eigenvalue weighted by molar-refractivity contribution is -0.870. The molecule has 0 saturated heterocycles. The molecule has 0 aliphatic carbocycles. The highest BCUT2D eigenvalue weighted by atomic mass is 31.2. The Morgan fingerprint density at radius 2 is 0.814 bits per heavy atom. The van der Waals surface area contributed by atoms with Crippen molar-refractivity contribution in [3.8, 4) is 0 Å². The van der Waals surface area contributed by atoms with Gasteiger partial charge in [-0.2, -0.15) is 0 Å². The average molecular weight is 998 g/mol. The first-order valence-corrected chi connectivity index (χ1v) is 29.4. The molecule has 0 N–H and O–H groups in total. The van der Waals surface area contributed by atoms with E-state index in [2.05, 4.69) is 111 Å². The summed E-state index contributed by atoms with van der Waals surface area (Å²) in [5.74, 6) is -0.855. The number of carbonyl (C=O) groups is 2. The number of phosphoric ester groups is 1. The molecule has 0 spiro atoms. The number of hydrogen-bond acceptors (Lipinski definition) is 8. The molecular weight excluding hydrogens is 894 g/mol. The Hall–Kier alpha value is -3.07. The van der Waals surface area contributed by atoms with Gasteiger partial charge in [-0.3, -0.25) is 14.2 Å². The number of hydrogen-bond donors (Lipinski definition) is 0. The average Bonchev–Trinajstić information content (AvgIpc) is 3.32. The molecule has 0 radical (unpaired) electrons. The monoisotopic (exact) mass is 998 g/mol. The highest BCUT2D eigenvalue weighted by Crippen LogP contribution is 2.38. The van der Waals surface area contributed by atoms with Crippen LogP contribution in [0.15, 0.2) is 97.2 Å². The summed E-state index contributed by atoms with van der Waals surface area (Å²) in [6.07, 6.45) is 68.8. The number of unbranched alkanes of at least 4 members (excludes halogenated alkanes) is 20. The molecule has 402 valence electrons. The van der Waals surface area contributed by atoms with Gasteiger partial charge in [0.25, 0.3) is 7.82 Å². The van der Waals surface area contributed by atoms with E-state index >= 15 is 0 Å². The van der Waals surface area contributed by atoms with Crippen molar-refractivity contribution in [2.45, 2.75) is 225 Å². The molecular formula is C60H104NO8P. The van der Waals surface area contributed by atoms with Crippen LogP contribution in [0, 0.1) is 0 Å². The summed E-state index contributed by atoms with van der Waals surface area (Å²) < 4.78 is 34.1. The second-order valence-electron chi connectivity index (χ2n) is 19.6. The molecule has 2 unspecified atom stereocenters. The van der Waals surface area contributed by atoms with Crippen LogP contribution in [0.1, 0.15) is 219 Å². The number of esters is 2. The maximum Gasteiger partial charge on any atom is 0.306 e. The lowest BCUT2D eigenvalue weighted by Crippen LogP contribution is -2.37. The Bertz CT molecular complexity index is 1500. The lowest BCUT2D eigenvalue weighted by atomic mass is 10.0. The summed E-state index contributed by atoms with van der Waals surface area (Å²) in [5.41, 5.74) is 0. The van der Waals surface area contributed by atoms with E-state index in [4.69, 9.17) is 18.5 Å². The molecule has 0 fully saturated rings. The second-order valence-corrected chi connectivity index (χ2v) is 21.0. The van der Waals surface area contributed by atoms with Crippen molar-refractivity contribution in [1.29, 1.82) is 0 Å². The predicted molar refractivity (Wildman–Crippen MR) is 295 cm³/mol. The van der Waals surface area contributed by atoms with E-state index in [1.165, 1.54) is 83.5 Å². The molecule has 70 heavy (non-hydrogen) atoms. The summed E-state index contributed by atoms with van der Waals surface area (Å²) >= 11 is 0. The Morgan fingerprint density at radius 1 is 0.457 bits per heavy atom. The molecule has 10 heteroatoms. The molecule has 0 amide bonds. The summed E-state index contributed by atoms with van der Waals surface area (Å²) in [6.45, 7) is 4.07. The van der Waals surface area contributed by atoms with Gasteiger partial charge in [-0.15, -0.1) is 0 Å². The standard InChI is InChI=1S/C60H104NO8P/c1-6-8-10-12-14-16-18-20-22-23-24-25-26-27-28-29-30-31-32-33-34-35-36-37-39-41-43-45-47-49-51-53-60(63)69-58(57-68-70(64,65)67-55-54-61(3,4)5)56-66-59(62)52-50-48-46-44-42-40-38-21-19-17-15-13-11-9-7-2/h8,10,14-17,20-22,24-25,27-28,30-31,38,58H,6-7,9,11-13,18-19,23,26,29,32-37,39-57H2,1-5H3/b10-8-,16-14-,17-15-,22-20-,25-24-,28-27-,31-30-,38-21-. The van der Waals surface area contributed by atoms with E-state index in [9.17, 15) is 19.0 Å². The van der Waals surface area contributed by atoms with E-state index in [-0.39, 0.29) is 26.1 Å². The third-order valence-corrected chi connectivity index (χ3v) is 12.6. The van der Waals surface area contributed by atoms with Crippen LogP contribution in [0.5, 0.6) is 0 Å². The third-order valence-electron chi connectivity index (χ3n) is 11.6. The largest absolute Gasteiger partial charge is 0.756 e. The molecule has 0 aromatic rings. The molecule has 0 aromatic carbocycles. The third kappa shape index (κ3) is 54.3. The highest BCUT2D eigenvalue weighted by molar-refractivity contribution is 7.45. The highest BCUT2D eigenvalue weighted by Gasteiger charge is 2.21. The van der Waals surface area contributed by atoms with Crippen molar-refractivity contribution in [3.63, 3.8) is 0 Å². The maximum atomic E-state index is 12.8. The molecule has 2 atom stereocenters. The minimum absolute atomic E-state index is 0.0376. The van der Waals surface area contributed by atoms with Crippen LogP contribution in [0.25, 0.3) is 0 Å². The number of quaternary nitrogens is 1. The van der Waals surface area contributed by atoms with Crippen molar-refractivity contribution in [1.82, 2.24) is 0 Å². The number of ether oxygens (including phenoxy) is 2. The maximum absolute atomic E-state index is 12.8. The minimum atomic E-state index is -4.64. The van der Waals surface area contributed by atoms with Gasteiger partial charge in [-0.1, -0.05) is 207 Å². The van der Waals surface area contributed by atoms with Crippen molar-refractivity contribution in [2.24, 2.45) is 0 Å². The van der Waals surface area contributed by atoms with Gasteiger partial charge in [0.1, 0.15) is 19.8 Å². The number of carbonyl (C=O) groups excluding carboxylic acids is 2. The van der Waals surface area contributed by atoms with Crippen LogP contribution in [0.4, 0.5) is 0 Å². The van der Waals surface area contributed by atoms with Gasteiger partial charge in [0, 0.05) is 12.8 Å². The second kappa shape index (κ2) is 50.9. The summed E-state index contributed by atoms with van der Waals surface area (Å²) in [5, 5.41) is 0. The Balaban J connectivity index is 4.16. The first-order chi connectivity index (χ1) is 34.0. The van der Waals surface area contributed by atoms with E-state index in [1.807, 2.05) is 21.1 Å². The van der Waals surface area contributed by atoms with Gasteiger partial charge in [0.2, 0.25) is 0 Å². The number of nitrogens with zero attached hydrogens (tertiary/aromatic N) is 1. The zero-order valence-corrected chi connectivity index (χ0v) is 46.3. The number of allylic oxidation sites excluding steroid dienone is 16. The molecule has 0 rings (SSSR count). The van der Waals surface area contributed by atoms with Crippen LogP contribution >= 0.6 is 7.82 Å². The minimum Gasteiger partial charge on any atom is -0.756 e. The van der Waals surface area contributed by atoms with Crippen LogP contribution in [-0.4, -0.2) is 70.0 Å². The van der Waals surface area contributed by atoms with Gasteiger partial charge in [0.15, 0.2) is 6.10 Å². The first-order valence-electron chi connectivity index (χ1n) is 27.9. The molecule has 0 saturated carbocycles. The van der Waals surface area contributed by atoms with Crippen LogP contribution in [0.3, 0.4) is 0 Å². The van der Waals surface area contributed by atoms with Crippen molar-refractivity contribution in [2.75, 3.05) is 47.5 Å². The van der Waals surface area contributed by atoms with Crippen LogP contribution in [0.2, 0.25) is 0 Å². The normalized spacial score (nSPS) is 14.1. The summed E-state index contributed by atoms with van der Waals surface area (Å²) in [7, 11) is 1.15. The van der Waals surface area contributed by atoms with Gasteiger partial charge in [0.05, 0.1) is 27.7 Å². The number of phosphoric acid groups is 1. The molecule has 0 bridgehead atoms. The zero-order valence-electron chi connectivity index (χ0n) is 45.4. The van der Waals surface area contributed by atoms with Crippen molar-refractivity contribution in [3.05, 3.63) is 97.2 Å². The predicted octanol–water partition coefficient (Wildman–Crippen LogP) is 16.6. The fourth-order valence-electron chi connectivity index (χ4n) is 7.28. The lowest BCUT2D eigenvalue weighted by Gasteiger charge is -2.28. The molecule has 0 aliphatic rings. The zero-order chi connectivity index (χ0) is 51.3. The summed E-state index contributed by atoms with van der Waals surface area (Å²) in [4.78, 5) is 37.8. The molecule has 0 aromatic heterocycles. The fourth-order valence-corrected chi connectivity index (χ4v) is 8.01. The van der Waals surface area contributed by atoms with E-state index in [1.54, 1.807) is 0 Å². The Morgan fingerprint density at radius 3 is 1.21 bits per heavy atom. The SMILES string of the molecule is CC/C=C\C/C=C\C/C=C\C/C=C\C/C=C\C/C=C\CCCCCCCCCCCCCCC(=O)OC(COC(=O)CCCCCCC/C=C\C/C=C\CCCCC)COP(=O)([O-])OCC[N+](C)(C)C. The summed E-state index contributed by atoms with van der Waals surface area (Å²) in [6, 6.07) is 0. The Kier molecular flexibility index (Phi) is 48.6. The van der Waals surface area contributed by atoms with Crippen molar-refractivity contribution >= 4 is 19.8 Å². The van der Waals surface area contributed by atoms with Gasteiger partial charge in [-0.25, -0.2) is 0 Å². The van der Waals surface area contributed by atoms with E-state index < -0.39 is 32.5 Å². The number of likely N-dealkylation sites (N-methyl/N-ethyl adjacent to an activating group) is 1. The van der Waals surface area contributed by atoms with Gasteiger partial charge >= 0.3 is 11.9 Å². The quantitative estimate of drug-likeness (QED) is 0.0195. The topological polar surface area (TPSA) is 111 Å². The number of rotatable bonds is 50. The van der Waals surface area contributed by atoms with E-state index in [0.29, 0.717) is 23.9 Å². The van der Waals surface area contributed by atoms with Gasteiger partial charge < -0.3 is 27.9 Å². The van der Waals surface area contributed by atoms with E-state index in [0.717, 1.165) is 96.3 Å². The van der Waals surface area contributed by atoms with Gasteiger partial charge in [-0.05, 0) is 96.3 Å². The molecule has 0 aliphatic heterocycles. The van der Waals surface area contributed by atoms with Crippen LogP contribution in [-0.2, 0) is 32.7 Å². The smallest absolute Gasteiger partial charge is 0.306 e. The fraction of sp³-hybridized carbons (Fsp3) is 0.700.